The van der Waals surface area contributed by atoms with Gasteiger partial charge in [-0.3, -0.25) is 19.3 Å². The van der Waals surface area contributed by atoms with Gasteiger partial charge in [0.1, 0.15) is 5.76 Å². The van der Waals surface area contributed by atoms with E-state index in [9.17, 15) is 14.4 Å². The van der Waals surface area contributed by atoms with E-state index in [4.69, 9.17) is 4.42 Å². The Morgan fingerprint density at radius 1 is 0.968 bits per heavy atom. The number of H-pyrrole nitrogens is 1. The summed E-state index contributed by atoms with van der Waals surface area (Å²) >= 11 is 2.94. The molecule has 5 unspecified atom stereocenters. The molecule has 0 spiro atoms. The maximum absolute atomic E-state index is 13.5. The van der Waals surface area contributed by atoms with E-state index in [1.54, 1.807) is 18.0 Å². The molecule has 6 nitrogen and oxygen atoms in total. The highest BCUT2D eigenvalue weighted by atomic mass is 32.2. The molecule has 1 N–H and O–H groups in total. The molecule has 2 saturated carbocycles. The number of nitrogens with one attached hydrogen (secondary N) is 1. The first kappa shape index (κ1) is 18.0. The topological polar surface area (TPSA) is 83.4 Å². The molecule has 1 saturated heterocycles. The van der Waals surface area contributed by atoms with Crippen molar-refractivity contribution in [2.75, 3.05) is 4.90 Å². The maximum atomic E-state index is 13.5. The van der Waals surface area contributed by atoms with Crippen molar-refractivity contribution in [1.82, 2.24) is 4.98 Å². The van der Waals surface area contributed by atoms with Crippen LogP contribution >= 0.6 is 23.1 Å². The zero-order chi connectivity index (χ0) is 20.9. The number of anilines is 1. The average Bonchev–Trinajstić information content (AvgIpc) is 3.56. The normalized spacial score (nSPS) is 35.4. The number of nitrogens with zero attached hydrogens (tertiary/aromatic N) is 1. The highest BCUT2D eigenvalue weighted by Gasteiger charge is 2.70. The lowest BCUT2D eigenvalue weighted by Crippen LogP contribution is -2.42. The van der Waals surface area contributed by atoms with Crippen LogP contribution in [0.5, 0.6) is 0 Å². The van der Waals surface area contributed by atoms with Crippen LogP contribution in [-0.2, 0) is 9.59 Å². The predicted molar refractivity (Wildman–Crippen MR) is 116 cm³/mol. The van der Waals surface area contributed by atoms with E-state index >= 15 is 0 Å². The maximum Gasteiger partial charge on any atom is 0.305 e. The van der Waals surface area contributed by atoms with E-state index in [2.05, 4.69) is 4.98 Å². The first-order valence-electron chi connectivity index (χ1n) is 10.5. The van der Waals surface area contributed by atoms with Crippen molar-refractivity contribution in [1.29, 1.82) is 0 Å². The van der Waals surface area contributed by atoms with Crippen LogP contribution in [-0.4, -0.2) is 22.0 Å². The van der Waals surface area contributed by atoms with E-state index < -0.39 is 0 Å². The molecule has 31 heavy (non-hydrogen) atoms. The fraction of sp³-hybridized carbons (Fsp3) is 0.348. The molecule has 156 valence electrons. The van der Waals surface area contributed by atoms with E-state index in [-0.39, 0.29) is 57.4 Å². The number of fused-ring (bicyclic) bond motifs is 9. The predicted octanol–water partition coefficient (Wildman–Crippen LogP) is 3.71. The van der Waals surface area contributed by atoms with Crippen LogP contribution in [0.15, 0.2) is 63.0 Å². The number of aromatic nitrogens is 1. The van der Waals surface area contributed by atoms with Gasteiger partial charge in [-0.15, -0.1) is 11.8 Å². The largest absolute Gasteiger partial charge is 0.469 e. The lowest BCUT2D eigenvalue weighted by molar-refractivity contribution is -0.123. The second-order valence-electron chi connectivity index (χ2n) is 8.82. The quantitative estimate of drug-likeness (QED) is 0.602. The molecule has 3 aromatic rings. The van der Waals surface area contributed by atoms with Gasteiger partial charge in [-0.1, -0.05) is 29.5 Å². The van der Waals surface area contributed by atoms with Gasteiger partial charge >= 0.3 is 4.87 Å². The number of rotatable bonds is 2. The third kappa shape index (κ3) is 2.27. The Hall–Kier alpha value is -2.58. The van der Waals surface area contributed by atoms with Gasteiger partial charge in [-0.25, -0.2) is 0 Å². The lowest BCUT2D eigenvalue weighted by Gasteiger charge is -2.42. The molecule has 4 aliphatic rings. The monoisotopic (exact) mass is 450 g/mol. The fourth-order valence-electron chi connectivity index (χ4n) is 6.64. The smallest absolute Gasteiger partial charge is 0.305 e. The number of thioether (sulfide) groups is 1. The van der Waals surface area contributed by atoms with Gasteiger partial charge < -0.3 is 9.40 Å². The number of carbonyl (C=O) groups excluding carboxylic acids is 2. The Morgan fingerprint density at radius 3 is 2.48 bits per heavy atom. The summed E-state index contributed by atoms with van der Waals surface area (Å²) in [6.45, 7) is 0. The molecule has 1 aromatic carbocycles. The fourth-order valence-corrected chi connectivity index (χ4v) is 9.50. The minimum atomic E-state index is -0.283. The molecule has 2 amide bonds. The van der Waals surface area contributed by atoms with Crippen molar-refractivity contribution in [3.05, 3.63) is 69.0 Å². The van der Waals surface area contributed by atoms with Crippen LogP contribution in [0.2, 0.25) is 0 Å². The van der Waals surface area contributed by atoms with Crippen molar-refractivity contribution in [3.63, 3.8) is 0 Å². The van der Waals surface area contributed by atoms with Crippen molar-refractivity contribution in [3.8, 4) is 0 Å². The van der Waals surface area contributed by atoms with Crippen LogP contribution in [0.4, 0.5) is 5.69 Å². The van der Waals surface area contributed by atoms with Gasteiger partial charge in [0.25, 0.3) is 0 Å². The highest BCUT2D eigenvalue weighted by Crippen LogP contribution is 2.68. The Kier molecular flexibility index (Phi) is 3.63. The number of para-hydroxylation sites is 1. The second kappa shape index (κ2) is 6.23. The number of imide groups is 1. The zero-order valence-corrected chi connectivity index (χ0v) is 17.9. The van der Waals surface area contributed by atoms with E-state index in [0.29, 0.717) is 5.69 Å². The van der Waals surface area contributed by atoms with E-state index in [0.717, 1.165) is 22.1 Å². The lowest BCUT2D eigenvalue weighted by atomic mass is 9.69. The van der Waals surface area contributed by atoms with Crippen molar-refractivity contribution in [2.24, 2.45) is 29.6 Å². The zero-order valence-electron chi connectivity index (χ0n) is 16.3. The minimum Gasteiger partial charge on any atom is -0.469 e. The van der Waals surface area contributed by atoms with E-state index in [1.165, 1.54) is 16.2 Å². The third-order valence-corrected chi connectivity index (χ3v) is 10.2. The average molecular weight is 451 g/mol. The number of hydrogen-bond donors (Lipinski definition) is 1. The molecule has 2 aliphatic carbocycles. The molecule has 7 rings (SSSR count). The standard InChI is InChI=1S/C23H18N2O4S2/c26-21-15-11-9-12(16(15)22(27)25(21)10-5-2-1-3-6-10)18-14(11)17(13-7-4-8-29-13)19-20(30-18)24-23(28)31-19/h1-8,11-12,14-18H,9H2,(H,24,28)/t11-,12-,14?,15?,16?,17?,18?/m1/s1. The Labute approximate surface area is 185 Å². The Bertz CT molecular complexity index is 1260. The number of amides is 2. The summed E-state index contributed by atoms with van der Waals surface area (Å²) in [6.07, 6.45) is 2.55. The number of carbonyl (C=O) groups is 2. The van der Waals surface area contributed by atoms with Gasteiger partial charge in [-0.05, 0) is 48.4 Å². The summed E-state index contributed by atoms with van der Waals surface area (Å²) in [7, 11) is 0. The number of aromatic amines is 1. The summed E-state index contributed by atoms with van der Waals surface area (Å²) in [5.41, 5.74) is 0.660. The molecular weight excluding hydrogens is 432 g/mol. The van der Waals surface area contributed by atoms with E-state index in [1.807, 2.05) is 42.5 Å². The van der Waals surface area contributed by atoms with Gasteiger partial charge in [0.05, 0.1) is 39.6 Å². The SMILES string of the molecule is O=C1C2C(C(=O)N1c1ccccc1)[C@@H]1C[C@H]2C2Sc3[nH]c(=O)sc3C(c3ccco3)C21. The first-order valence-corrected chi connectivity index (χ1v) is 12.2. The molecule has 8 heteroatoms. The number of thiazole rings is 1. The van der Waals surface area contributed by atoms with Crippen LogP contribution in [0.25, 0.3) is 0 Å². The molecule has 2 aliphatic heterocycles. The number of hydrogen-bond acceptors (Lipinski definition) is 6. The summed E-state index contributed by atoms with van der Waals surface area (Å²) in [6, 6.07) is 13.1. The molecule has 4 heterocycles. The Balaban J connectivity index is 1.34. The van der Waals surface area contributed by atoms with Crippen LogP contribution in [0, 0.1) is 29.6 Å². The first-order chi connectivity index (χ1) is 15.1. The molecule has 2 bridgehead atoms. The van der Waals surface area contributed by atoms with Crippen LogP contribution < -0.4 is 9.77 Å². The third-order valence-electron chi connectivity index (χ3n) is 7.59. The molecule has 0 radical (unpaired) electrons. The number of benzene rings is 1. The van der Waals surface area contributed by atoms with Gasteiger partial charge in [0, 0.05) is 5.25 Å². The van der Waals surface area contributed by atoms with Crippen LogP contribution in [0.3, 0.4) is 0 Å². The summed E-state index contributed by atoms with van der Waals surface area (Å²) in [5, 5.41) is 1.09. The molecular formula is C23H18N2O4S2. The van der Waals surface area contributed by atoms with Crippen molar-refractivity contribution < 1.29 is 14.0 Å². The summed E-state index contributed by atoms with van der Waals surface area (Å²) in [5.74, 6) is 0.522. The minimum absolute atomic E-state index is 0.0511. The summed E-state index contributed by atoms with van der Waals surface area (Å²) < 4.78 is 5.82. The highest BCUT2D eigenvalue weighted by molar-refractivity contribution is 8.00. The molecule has 2 aromatic heterocycles. The van der Waals surface area contributed by atoms with Crippen molar-refractivity contribution in [2.45, 2.75) is 22.6 Å². The van der Waals surface area contributed by atoms with Gasteiger partial charge in [0.15, 0.2) is 0 Å². The Morgan fingerprint density at radius 2 is 1.74 bits per heavy atom. The van der Waals surface area contributed by atoms with Gasteiger partial charge in [0.2, 0.25) is 11.8 Å². The molecule has 3 fully saturated rings. The summed E-state index contributed by atoms with van der Waals surface area (Å²) in [4.78, 5) is 44.5. The molecule has 7 atom stereocenters. The second-order valence-corrected chi connectivity index (χ2v) is 11.0. The van der Waals surface area contributed by atoms with Gasteiger partial charge in [-0.2, -0.15) is 0 Å². The number of furan rings is 1. The van der Waals surface area contributed by atoms with Crippen molar-refractivity contribution >= 4 is 40.6 Å². The van der Waals surface area contributed by atoms with Crippen LogP contribution in [0.1, 0.15) is 23.0 Å².